The average molecular weight is 373 g/mol. The second kappa shape index (κ2) is 7.08. The number of hydrogen-bond donors (Lipinski definition) is 3. The van der Waals surface area contributed by atoms with Gasteiger partial charge in [0.05, 0.1) is 11.8 Å². The Labute approximate surface area is 161 Å². The number of hydrazone groups is 1. The minimum atomic E-state index is -0.558. The van der Waals surface area contributed by atoms with Crippen LogP contribution in [0.3, 0.4) is 0 Å². The Kier molecular flexibility index (Phi) is 4.45. The lowest BCUT2D eigenvalue weighted by Gasteiger charge is -2.04. The highest BCUT2D eigenvalue weighted by Gasteiger charge is 2.11. The average Bonchev–Trinajstić information content (AvgIpc) is 3.00. The van der Waals surface area contributed by atoms with Gasteiger partial charge in [0.15, 0.2) is 0 Å². The van der Waals surface area contributed by atoms with E-state index in [9.17, 15) is 15.0 Å². The van der Waals surface area contributed by atoms with Gasteiger partial charge in [0, 0.05) is 34.4 Å². The highest BCUT2D eigenvalue weighted by molar-refractivity contribution is 6.09. The Morgan fingerprint density at radius 2 is 1.82 bits per heavy atom. The predicted octanol–water partition coefficient (Wildman–Crippen LogP) is 3.99. The van der Waals surface area contributed by atoms with Gasteiger partial charge >= 0.3 is 0 Å². The van der Waals surface area contributed by atoms with Crippen LogP contribution in [0.15, 0.2) is 65.8 Å². The predicted molar refractivity (Wildman–Crippen MR) is 110 cm³/mol. The van der Waals surface area contributed by atoms with Gasteiger partial charge in [0.25, 0.3) is 5.91 Å². The number of hydrogen-bond acceptors (Lipinski definition) is 4. The van der Waals surface area contributed by atoms with Crippen molar-refractivity contribution in [2.24, 2.45) is 5.10 Å². The van der Waals surface area contributed by atoms with Crippen LogP contribution in [-0.2, 0) is 6.54 Å². The second-order valence-corrected chi connectivity index (χ2v) is 6.44. The number of aromatic hydroxyl groups is 2. The molecule has 0 atom stereocenters. The zero-order valence-corrected chi connectivity index (χ0v) is 15.3. The maximum atomic E-state index is 12.1. The first-order valence-corrected chi connectivity index (χ1v) is 8.95. The molecule has 4 aromatic rings. The van der Waals surface area contributed by atoms with Crippen molar-refractivity contribution in [2.45, 2.75) is 13.5 Å². The monoisotopic (exact) mass is 373 g/mol. The van der Waals surface area contributed by atoms with Crippen LogP contribution in [0, 0.1) is 0 Å². The topological polar surface area (TPSA) is 86.9 Å². The van der Waals surface area contributed by atoms with E-state index in [0.717, 1.165) is 23.7 Å². The van der Waals surface area contributed by atoms with Gasteiger partial charge in [-0.1, -0.05) is 30.3 Å². The molecule has 3 aromatic carbocycles. The lowest BCUT2D eigenvalue weighted by atomic mass is 10.1. The SMILES string of the molecule is CCn1c2ccccc2c2ccc(/C=N/NC(=O)c3ccc(O)cc3O)cc21. The van der Waals surface area contributed by atoms with Crippen molar-refractivity contribution in [1.29, 1.82) is 0 Å². The molecule has 0 fully saturated rings. The molecule has 1 heterocycles. The van der Waals surface area contributed by atoms with Crippen molar-refractivity contribution in [3.8, 4) is 11.5 Å². The van der Waals surface area contributed by atoms with E-state index in [2.05, 4.69) is 40.2 Å². The summed E-state index contributed by atoms with van der Waals surface area (Å²) in [5.41, 5.74) is 5.57. The molecule has 6 heteroatoms. The maximum Gasteiger partial charge on any atom is 0.275 e. The largest absolute Gasteiger partial charge is 0.508 e. The van der Waals surface area contributed by atoms with Crippen LogP contribution < -0.4 is 5.43 Å². The lowest BCUT2D eigenvalue weighted by Crippen LogP contribution is -2.17. The molecule has 0 aliphatic heterocycles. The number of aromatic nitrogens is 1. The summed E-state index contributed by atoms with van der Waals surface area (Å²) >= 11 is 0. The Morgan fingerprint density at radius 3 is 2.61 bits per heavy atom. The molecule has 0 aliphatic rings. The third-order valence-corrected chi connectivity index (χ3v) is 4.72. The van der Waals surface area contributed by atoms with E-state index in [4.69, 9.17) is 0 Å². The molecule has 0 saturated carbocycles. The normalized spacial score (nSPS) is 11.5. The number of phenolic OH excluding ortho intramolecular Hbond substituents is 2. The summed E-state index contributed by atoms with van der Waals surface area (Å²) in [7, 11) is 0. The molecule has 0 radical (unpaired) electrons. The van der Waals surface area contributed by atoms with Crippen LogP contribution in [0.2, 0.25) is 0 Å². The molecular weight excluding hydrogens is 354 g/mol. The van der Waals surface area contributed by atoms with Gasteiger partial charge in [-0.15, -0.1) is 0 Å². The lowest BCUT2D eigenvalue weighted by molar-refractivity contribution is 0.0952. The van der Waals surface area contributed by atoms with Crippen molar-refractivity contribution in [1.82, 2.24) is 9.99 Å². The quantitative estimate of drug-likeness (QED) is 0.373. The van der Waals surface area contributed by atoms with Crippen molar-refractivity contribution in [2.75, 3.05) is 0 Å². The molecule has 1 amide bonds. The Hall–Kier alpha value is -3.80. The first kappa shape index (κ1) is 17.6. The summed E-state index contributed by atoms with van der Waals surface area (Å²) in [4.78, 5) is 12.1. The fourth-order valence-corrected chi connectivity index (χ4v) is 3.42. The molecule has 0 aliphatic carbocycles. The highest BCUT2D eigenvalue weighted by Crippen LogP contribution is 2.29. The summed E-state index contributed by atoms with van der Waals surface area (Å²) in [6.45, 7) is 2.96. The molecule has 1 aromatic heterocycles. The summed E-state index contributed by atoms with van der Waals surface area (Å²) in [6, 6.07) is 18.1. The number of aryl methyl sites for hydroxylation is 1. The highest BCUT2D eigenvalue weighted by atomic mass is 16.3. The number of carbonyl (C=O) groups is 1. The number of amides is 1. The number of para-hydroxylation sites is 1. The minimum Gasteiger partial charge on any atom is -0.508 e. The van der Waals surface area contributed by atoms with Crippen LogP contribution in [0.4, 0.5) is 0 Å². The van der Waals surface area contributed by atoms with Crippen molar-refractivity contribution in [3.63, 3.8) is 0 Å². The second-order valence-electron chi connectivity index (χ2n) is 6.44. The van der Waals surface area contributed by atoms with Crippen molar-refractivity contribution < 1.29 is 15.0 Å². The fourth-order valence-electron chi connectivity index (χ4n) is 3.42. The standard InChI is InChI=1S/C22H19N3O3/c1-2-25-19-6-4-3-5-16(19)17-9-7-14(11-20(17)25)13-23-24-22(28)18-10-8-15(26)12-21(18)27/h3-13,26-27H,2H2,1H3,(H,24,28)/b23-13+. The van der Waals surface area contributed by atoms with E-state index < -0.39 is 5.91 Å². The number of nitrogens with zero attached hydrogens (tertiary/aromatic N) is 2. The first-order chi connectivity index (χ1) is 13.6. The Balaban J connectivity index is 1.61. The van der Waals surface area contributed by atoms with E-state index in [1.54, 1.807) is 6.21 Å². The van der Waals surface area contributed by atoms with Crippen LogP contribution in [-0.4, -0.2) is 26.9 Å². The number of carbonyl (C=O) groups excluding carboxylic acids is 1. The third-order valence-electron chi connectivity index (χ3n) is 4.72. The van der Waals surface area contributed by atoms with Gasteiger partial charge in [0.2, 0.25) is 0 Å². The van der Waals surface area contributed by atoms with Crippen LogP contribution in [0.5, 0.6) is 11.5 Å². The molecule has 28 heavy (non-hydrogen) atoms. The third kappa shape index (κ3) is 3.05. The zero-order valence-electron chi connectivity index (χ0n) is 15.3. The Morgan fingerprint density at radius 1 is 1.04 bits per heavy atom. The fraction of sp³-hybridized carbons (Fsp3) is 0.0909. The molecular formula is C22H19N3O3. The van der Waals surface area contributed by atoms with Gasteiger partial charge in [-0.2, -0.15) is 5.10 Å². The summed E-state index contributed by atoms with van der Waals surface area (Å²) in [5, 5.41) is 25.4. The van der Waals surface area contributed by atoms with Gasteiger partial charge < -0.3 is 14.8 Å². The number of benzene rings is 3. The summed E-state index contributed by atoms with van der Waals surface area (Å²) in [6.07, 6.45) is 1.56. The summed E-state index contributed by atoms with van der Waals surface area (Å²) in [5.74, 6) is -0.976. The van der Waals surface area contributed by atoms with E-state index in [0.29, 0.717) is 0 Å². The molecule has 140 valence electrons. The molecule has 0 saturated heterocycles. The smallest absolute Gasteiger partial charge is 0.275 e. The van der Waals surface area contributed by atoms with Crippen molar-refractivity contribution >= 4 is 33.9 Å². The van der Waals surface area contributed by atoms with Crippen LogP contribution in [0.25, 0.3) is 21.8 Å². The van der Waals surface area contributed by atoms with E-state index in [-0.39, 0.29) is 17.1 Å². The van der Waals surface area contributed by atoms with Crippen LogP contribution >= 0.6 is 0 Å². The molecule has 4 rings (SSSR count). The van der Waals surface area contributed by atoms with Gasteiger partial charge in [0.1, 0.15) is 11.5 Å². The molecule has 6 nitrogen and oxygen atoms in total. The number of fused-ring (bicyclic) bond motifs is 3. The number of rotatable bonds is 4. The number of phenols is 2. The zero-order chi connectivity index (χ0) is 19.7. The minimum absolute atomic E-state index is 0.0384. The van der Waals surface area contributed by atoms with Gasteiger partial charge in [-0.3, -0.25) is 4.79 Å². The molecule has 3 N–H and O–H groups in total. The van der Waals surface area contributed by atoms with Crippen LogP contribution in [0.1, 0.15) is 22.8 Å². The summed E-state index contributed by atoms with van der Waals surface area (Å²) < 4.78 is 2.25. The number of nitrogens with one attached hydrogen (secondary N) is 1. The molecule has 0 spiro atoms. The van der Waals surface area contributed by atoms with E-state index in [1.165, 1.54) is 28.4 Å². The van der Waals surface area contributed by atoms with Gasteiger partial charge in [-0.25, -0.2) is 5.43 Å². The Bertz CT molecular complexity index is 1220. The van der Waals surface area contributed by atoms with E-state index >= 15 is 0 Å². The molecule has 0 unspecified atom stereocenters. The first-order valence-electron chi connectivity index (χ1n) is 8.95. The maximum absolute atomic E-state index is 12.1. The van der Waals surface area contributed by atoms with Gasteiger partial charge in [-0.05, 0) is 36.8 Å². The van der Waals surface area contributed by atoms with Crippen molar-refractivity contribution in [3.05, 3.63) is 71.8 Å². The van der Waals surface area contributed by atoms with E-state index in [1.807, 2.05) is 24.3 Å². The molecule has 0 bridgehead atoms.